The Labute approximate surface area is 147 Å². The van der Waals surface area contributed by atoms with Gasteiger partial charge in [0, 0.05) is 24.3 Å². The number of aryl methyl sites for hydroxylation is 1. The molecule has 2 heterocycles. The van der Waals surface area contributed by atoms with Crippen LogP contribution in [0.1, 0.15) is 36.0 Å². The van der Waals surface area contributed by atoms with Crippen molar-refractivity contribution in [2.45, 2.75) is 25.8 Å². The van der Waals surface area contributed by atoms with Gasteiger partial charge in [-0.15, -0.1) is 0 Å². The van der Waals surface area contributed by atoms with E-state index < -0.39 is 0 Å². The van der Waals surface area contributed by atoms with E-state index in [1.54, 1.807) is 26.4 Å². The smallest absolute Gasteiger partial charge is 0.247 e. The summed E-state index contributed by atoms with van der Waals surface area (Å²) in [4.78, 5) is 14.5. The van der Waals surface area contributed by atoms with Gasteiger partial charge in [-0.25, -0.2) is 0 Å². The molecule has 2 aromatic rings. The van der Waals surface area contributed by atoms with Gasteiger partial charge in [-0.3, -0.25) is 4.79 Å². The lowest BCUT2D eigenvalue weighted by Crippen LogP contribution is -2.29. The molecule has 1 saturated heterocycles. The minimum Gasteiger partial charge on any atom is -0.497 e. The predicted octanol–water partition coefficient (Wildman–Crippen LogP) is 3.98. The van der Waals surface area contributed by atoms with Crippen molar-refractivity contribution in [3.05, 3.63) is 53.5 Å². The number of carbonyl (C=O) groups excluding carboxylic acids is 1. The summed E-state index contributed by atoms with van der Waals surface area (Å²) in [5.41, 5.74) is 1.01. The number of benzene rings is 1. The first-order valence-electron chi connectivity index (χ1n) is 8.39. The third-order valence-electron chi connectivity index (χ3n) is 4.49. The maximum Gasteiger partial charge on any atom is 0.247 e. The molecule has 1 fully saturated rings. The van der Waals surface area contributed by atoms with Gasteiger partial charge >= 0.3 is 0 Å². The standard InChI is InChI=1S/C20H23NO4/c1-14-6-7-15(25-14)9-11-20(22)21-12-4-5-18(21)17-10-8-16(23-2)13-19(17)24-3/h6-11,13,18H,4-5,12H2,1-3H3/b11-9+. The molecule has 0 saturated carbocycles. The molecule has 1 unspecified atom stereocenters. The molecular formula is C20H23NO4. The van der Waals surface area contributed by atoms with Crippen LogP contribution in [0.3, 0.4) is 0 Å². The van der Waals surface area contributed by atoms with Gasteiger partial charge in [0.05, 0.1) is 20.3 Å². The predicted molar refractivity (Wildman–Crippen MR) is 95.7 cm³/mol. The van der Waals surface area contributed by atoms with Crippen molar-refractivity contribution >= 4 is 12.0 Å². The molecule has 5 nitrogen and oxygen atoms in total. The van der Waals surface area contributed by atoms with Crippen molar-refractivity contribution < 1.29 is 18.7 Å². The summed E-state index contributed by atoms with van der Waals surface area (Å²) in [6.45, 7) is 2.62. The Morgan fingerprint density at radius 3 is 2.76 bits per heavy atom. The highest BCUT2D eigenvalue weighted by atomic mass is 16.5. The molecular weight excluding hydrogens is 318 g/mol. The Hall–Kier alpha value is -2.69. The van der Waals surface area contributed by atoms with E-state index in [4.69, 9.17) is 13.9 Å². The number of nitrogens with zero attached hydrogens (tertiary/aromatic N) is 1. The quantitative estimate of drug-likeness (QED) is 0.772. The topological polar surface area (TPSA) is 51.9 Å². The van der Waals surface area contributed by atoms with E-state index in [-0.39, 0.29) is 11.9 Å². The fraction of sp³-hybridized carbons (Fsp3) is 0.350. The van der Waals surface area contributed by atoms with E-state index in [0.717, 1.165) is 42.2 Å². The maximum atomic E-state index is 12.7. The third kappa shape index (κ3) is 3.71. The third-order valence-corrected chi connectivity index (χ3v) is 4.49. The van der Waals surface area contributed by atoms with Gasteiger partial charge in [-0.2, -0.15) is 0 Å². The normalized spacial score (nSPS) is 17.2. The van der Waals surface area contributed by atoms with Crippen LogP contribution in [0.25, 0.3) is 6.08 Å². The van der Waals surface area contributed by atoms with Gasteiger partial charge in [0.1, 0.15) is 23.0 Å². The molecule has 0 bridgehead atoms. The van der Waals surface area contributed by atoms with Crippen LogP contribution in [-0.4, -0.2) is 31.6 Å². The number of hydrogen-bond donors (Lipinski definition) is 0. The summed E-state index contributed by atoms with van der Waals surface area (Å²) in [6, 6.07) is 9.49. The lowest BCUT2D eigenvalue weighted by atomic mass is 10.0. The SMILES string of the molecule is COc1ccc(C2CCCN2C(=O)/C=C/c2ccc(C)o2)c(OC)c1. The lowest BCUT2D eigenvalue weighted by Gasteiger charge is -2.25. The van der Waals surface area contributed by atoms with Crippen molar-refractivity contribution in [2.75, 3.05) is 20.8 Å². The van der Waals surface area contributed by atoms with Crippen LogP contribution in [0.15, 0.2) is 40.8 Å². The van der Waals surface area contributed by atoms with Crippen molar-refractivity contribution in [3.63, 3.8) is 0 Å². The molecule has 1 aliphatic rings. The molecule has 0 aliphatic carbocycles. The van der Waals surface area contributed by atoms with Crippen LogP contribution in [0, 0.1) is 6.92 Å². The van der Waals surface area contributed by atoms with Gasteiger partial charge in [0.2, 0.25) is 5.91 Å². The van der Waals surface area contributed by atoms with Gasteiger partial charge < -0.3 is 18.8 Å². The van der Waals surface area contributed by atoms with Crippen LogP contribution >= 0.6 is 0 Å². The minimum atomic E-state index is -0.0191. The number of rotatable bonds is 5. The molecule has 0 radical (unpaired) electrons. The van der Waals surface area contributed by atoms with Crippen molar-refractivity contribution in [2.24, 2.45) is 0 Å². The Kier molecular flexibility index (Phi) is 5.12. The summed E-state index contributed by atoms with van der Waals surface area (Å²) >= 11 is 0. The monoisotopic (exact) mass is 341 g/mol. The zero-order valence-electron chi connectivity index (χ0n) is 14.8. The second kappa shape index (κ2) is 7.47. The van der Waals surface area contributed by atoms with Gasteiger partial charge in [0.25, 0.3) is 0 Å². The van der Waals surface area contributed by atoms with Crippen molar-refractivity contribution in [1.29, 1.82) is 0 Å². The molecule has 132 valence electrons. The van der Waals surface area contributed by atoms with E-state index in [1.165, 1.54) is 0 Å². The zero-order valence-corrected chi connectivity index (χ0v) is 14.8. The van der Waals surface area contributed by atoms with Gasteiger partial charge in [-0.05, 0) is 50.1 Å². The van der Waals surface area contributed by atoms with Crippen LogP contribution in [-0.2, 0) is 4.79 Å². The Balaban J connectivity index is 1.80. The first kappa shape index (κ1) is 17.1. The van der Waals surface area contributed by atoms with E-state index in [0.29, 0.717) is 5.76 Å². The van der Waals surface area contributed by atoms with Crippen LogP contribution in [0.4, 0.5) is 0 Å². The highest BCUT2D eigenvalue weighted by Crippen LogP contribution is 2.38. The largest absolute Gasteiger partial charge is 0.497 e. The molecule has 5 heteroatoms. The van der Waals surface area contributed by atoms with Crippen molar-refractivity contribution in [3.8, 4) is 11.5 Å². The molecule has 1 aliphatic heterocycles. The molecule has 3 rings (SSSR count). The van der Waals surface area contributed by atoms with E-state index in [2.05, 4.69) is 0 Å². The lowest BCUT2D eigenvalue weighted by molar-refractivity contribution is -0.126. The minimum absolute atomic E-state index is 0.0105. The maximum absolute atomic E-state index is 12.7. The molecule has 0 N–H and O–H groups in total. The number of carbonyl (C=O) groups is 1. The second-order valence-electron chi connectivity index (χ2n) is 6.08. The summed E-state index contributed by atoms with van der Waals surface area (Å²) < 4.78 is 16.2. The summed E-state index contributed by atoms with van der Waals surface area (Å²) in [5, 5.41) is 0. The number of amides is 1. The van der Waals surface area contributed by atoms with Crippen molar-refractivity contribution in [1.82, 2.24) is 4.90 Å². The second-order valence-corrected chi connectivity index (χ2v) is 6.08. The first-order chi connectivity index (χ1) is 12.1. The number of methoxy groups -OCH3 is 2. The molecule has 25 heavy (non-hydrogen) atoms. The fourth-order valence-electron chi connectivity index (χ4n) is 3.24. The van der Waals surface area contributed by atoms with E-state index >= 15 is 0 Å². The van der Waals surface area contributed by atoms with Crippen LogP contribution in [0.2, 0.25) is 0 Å². The highest BCUT2D eigenvalue weighted by molar-refractivity contribution is 5.92. The number of likely N-dealkylation sites (tertiary alicyclic amines) is 1. The molecule has 1 aromatic heterocycles. The Morgan fingerprint density at radius 2 is 2.08 bits per heavy atom. The zero-order chi connectivity index (χ0) is 17.8. The van der Waals surface area contributed by atoms with Crippen LogP contribution < -0.4 is 9.47 Å². The van der Waals surface area contributed by atoms with E-state index in [1.807, 2.05) is 42.2 Å². The summed E-state index contributed by atoms with van der Waals surface area (Å²) in [6.07, 6.45) is 5.18. The molecule has 1 atom stereocenters. The van der Waals surface area contributed by atoms with Crippen LogP contribution in [0.5, 0.6) is 11.5 Å². The molecule has 1 aromatic carbocycles. The first-order valence-corrected chi connectivity index (χ1v) is 8.39. The van der Waals surface area contributed by atoms with E-state index in [9.17, 15) is 4.79 Å². The Morgan fingerprint density at radius 1 is 1.24 bits per heavy atom. The number of furan rings is 1. The average molecular weight is 341 g/mol. The summed E-state index contributed by atoms with van der Waals surface area (Å²) in [5.74, 6) is 2.98. The molecule has 1 amide bonds. The average Bonchev–Trinajstić information content (AvgIpc) is 3.28. The number of hydrogen-bond acceptors (Lipinski definition) is 4. The summed E-state index contributed by atoms with van der Waals surface area (Å²) in [7, 11) is 3.26. The van der Waals surface area contributed by atoms with Gasteiger partial charge in [0.15, 0.2) is 0 Å². The number of ether oxygens (including phenoxy) is 2. The van der Waals surface area contributed by atoms with Gasteiger partial charge in [-0.1, -0.05) is 0 Å². The Bertz CT molecular complexity index is 778. The molecule has 0 spiro atoms. The highest BCUT2D eigenvalue weighted by Gasteiger charge is 2.31. The fourth-order valence-corrected chi connectivity index (χ4v) is 3.24.